The molecule has 2 atom stereocenters. The van der Waals surface area contributed by atoms with Gasteiger partial charge in [-0.2, -0.15) is 0 Å². The molecule has 1 aromatic rings. The quantitative estimate of drug-likeness (QED) is 0.252. The zero-order valence-electron chi connectivity index (χ0n) is 13.3. The number of rotatable bonds is 7. The van der Waals surface area contributed by atoms with Gasteiger partial charge in [0.15, 0.2) is 0 Å². The third-order valence-corrected chi connectivity index (χ3v) is 3.96. The van der Waals surface area contributed by atoms with Crippen molar-refractivity contribution in [1.29, 1.82) is 5.41 Å². The Hall–Kier alpha value is -2.19. The molecule has 8 nitrogen and oxygen atoms in total. The SMILES string of the molecule is CN(C=N)C(C(=O)OCc1ccc([N+](=O)[O-])cc1)[C@H]1CCNC1.Cl. The van der Waals surface area contributed by atoms with Crippen molar-refractivity contribution in [3.8, 4) is 0 Å². The molecule has 132 valence electrons. The zero-order chi connectivity index (χ0) is 16.8. The van der Waals surface area contributed by atoms with E-state index in [0.29, 0.717) is 5.56 Å². The summed E-state index contributed by atoms with van der Waals surface area (Å²) >= 11 is 0. The number of nitrogens with one attached hydrogen (secondary N) is 2. The molecule has 1 unspecified atom stereocenters. The second-order valence-corrected chi connectivity index (χ2v) is 5.52. The van der Waals surface area contributed by atoms with Crippen molar-refractivity contribution in [1.82, 2.24) is 10.2 Å². The highest BCUT2D eigenvalue weighted by Crippen LogP contribution is 2.19. The van der Waals surface area contributed by atoms with Crippen LogP contribution in [-0.4, -0.2) is 48.3 Å². The van der Waals surface area contributed by atoms with Gasteiger partial charge in [-0.1, -0.05) is 0 Å². The molecule has 1 fully saturated rings. The highest BCUT2D eigenvalue weighted by Gasteiger charge is 2.34. The number of nitrogens with zero attached hydrogens (tertiary/aromatic N) is 2. The Morgan fingerprint density at radius 2 is 2.21 bits per heavy atom. The van der Waals surface area contributed by atoms with Gasteiger partial charge in [-0.3, -0.25) is 15.5 Å². The third kappa shape index (κ3) is 4.90. The number of benzene rings is 1. The predicted molar refractivity (Wildman–Crippen MR) is 91.5 cm³/mol. The van der Waals surface area contributed by atoms with Gasteiger partial charge in [0.05, 0.1) is 11.3 Å². The second-order valence-electron chi connectivity index (χ2n) is 5.52. The Kier molecular flexibility index (Phi) is 7.60. The van der Waals surface area contributed by atoms with E-state index in [0.717, 1.165) is 25.8 Å². The van der Waals surface area contributed by atoms with Crippen LogP contribution in [0.15, 0.2) is 24.3 Å². The number of carbonyl (C=O) groups excluding carboxylic acids is 1. The van der Waals surface area contributed by atoms with Crippen molar-refractivity contribution in [2.45, 2.75) is 19.1 Å². The Morgan fingerprint density at radius 1 is 1.54 bits per heavy atom. The van der Waals surface area contributed by atoms with Crippen molar-refractivity contribution in [3.05, 3.63) is 39.9 Å². The van der Waals surface area contributed by atoms with Gasteiger partial charge in [0.2, 0.25) is 0 Å². The number of non-ortho nitro benzene ring substituents is 1. The van der Waals surface area contributed by atoms with Gasteiger partial charge in [0, 0.05) is 31.6 Å². The highest BCUT2D eigenvalue weighted by molar-refractivity contribution is 5.85. The van der Waals surface area contributed by atoms with E-state index in [-0.39, 0.29) is 36.6 Å². The third-order valence-electron chi connectivity index (χ3n) is 3.96. The van der Waals surface area contributed by atoms with Crippen molar-refractivity contribution in [2.75, 3.05) is 20.1 Å². The lowest BCUT2D eigenvalue weighted by Crippen LogP contribution is -2.45. The number of hydrogen-bond acceptors (Lipinski definition) is 6. The van der Waals surface area contributed by atoms with Crippen LogP contribution in [-0.2, 0) is 16.1 Å². The van der Waals surface area contributed by atoms with E-state index in [1.165, 1.54) is 12.1 Å². The average Bonchev–Trinajstić information content (AvgIpc) is 3.07. The maximum Gasteiger partial charge on any atom is 0.329 e. The number of carbonyl (C=O) groups is 1. The predicted octanol–water partition coefficient (Wildman–Crippen LogP) is 1.58. The van der Waals surface area contributed by atoms with Gasteiger partial charge >= 0.3 is 5.97 Å². The lowest BCUT2D eigenvalue weighted by molar-refractivity contribution is -0.384. The number of likely N-dealkylation sites (N-methyl/N-ethyl adjacent to an activating group) is 1. The van der Waals surface area contributed by atoms with Crippen molar-refractivity contribution < 1.29 is 14.5 Å². The second kappa shape index (κ2) is 9.19. The van der Waals surface area contributed by atoms with Crippen LogP contribution < -0.4 is 5.32 Å². The molecule has 2 N–H and O–H groups in total. The summed E-state index contributed by atoms with van der Waals surface area (Å²) in [4.78, 5) is 24.1. The number of esters is 1. The maximum atomic E-state index is 12.4. The summed E-state index contributed by atoms with van der Waals surface area (Å²) in [5.41, 5.74) is 0.684. The summed E-state index contributed by atoms with van der Waals surface area (Å²) in [5.74, 6) is -0.283. The molecule has 1 heterocycles. The van der Waals surface area contributed by atoms with E-state index in [4.69, 9.17) is 10.1 Å². The average molecular weight is 357 g/mol. The van der Waals surface area contributed by atoms with Crippen LogP contribution in [0.2, 0.25) is 0 Å². The van der Waals surface area contributed by atoms with Gasteiger partial charge in [-0.25, -0.2) is 4.79 Å². The van der Waals surface area contributed by atoms with E-state index in [9.17, 15) is 14.9 Å². The summed E-state index contributed by atoms with van der Waals surface area (Å²) in [7, 11) is 1.68. The molecule has 0 amide bonds. The van der Waals surface area contributed by atoms with Gasteiger partial charge in [0.25, 0.3) is 5.69 Å². The van der Waals surface area contributed by atoms with Gasteiger partial charge < -0.3 is 15.0 Å². The summed E-state index contributed by atoms with van der Waals surface area (Å²) in [5, 5.41) is 21.2. The normalized spacial score (nSPS) is 17.5. The van der Waals surface area contributed by atoms with E-state index >= 15 is 0 Å². The number of nitro benzene ring substituents is 1. The van der Waals surface area contributed by atoms with Crippen molar-refractivity contribution in [2.24, 2.45) is 5.92 Å². The standard InChI is InChI=1S/C15H20N4O4.ClH/c1-18(10-16)14(12-6-7-17-8-12)15(20)23-9-11-2-4-13(5-3-11)19(21)22;/h2-5,10,12,14,16-17H,6-9H2,1H3;1H/t12-,14?;/m0./s1. The molecule has 9 heteroatoms. The van der Waals surface area contributed by atoms with Gasteiger partial charge in [-0.05, 0) is 30.7 Å². The molecule has 1 saturated heterocycles. The Bertz CT molecular complexity index is 575. The molecule has 0 radical (unpaired) electrons. The fourth-order valence-corrected chi connectivity index (χ4v) is 2.67. The number of hydrogen-bond donors (Lipinski definition) is 2. The summed E-state index contributed by atoms with van der Waals surface area (Å²) in [6.45, 7) is 1.62. The zero-order valence-corrected chi connectivity index (χ0v) is 14.1. The van der Waals surface area contributed by atoms with E-state index in [2.05, 4.69) is 5.32 Å². The van der Waals surface area contributed by atoms with Crippen LogP contribution in [0.4, 0.5) is 5.69 Å². The highest BCUT2D eigenvalue weighted by atomic mass is 35.5. The van der Waals surface area contributed by atoms with E-state index in [1.54, 1.807) is 24.1 Å². The molecule has 1 aromatic carbocycles. The molecular weight excluding hydrogens is 336 g/mol. The molecule has 24 heavy (non-hydrogen) atoms. The molecule has 0 aliphatic carbocycles. The molecule has 0 saturated carbocycles. The van der Waals surface area contributed by atoms with Crippen LogP contribution in [0, 0.1) is 21.4 Å². The molecule has 0 aromatic heterocycles. The van der Waals surface area contributed by atoms with Gasteiger partial charge in [-0.15, -0.1) is 12.4 Å². The van der Waals surface area contributed by atoms with E-state index in [1.807, 2.05) is 0 Å². The first kappa shape index (κ1) is 19.9. The van der Waals surface area contributed by atoms with Crippen LogP contribution in [0.1, 0.15) is 12.0 Å². The Morgan fingerprint density at radius 3 is 2.71 bits per heavy atom. The molecule has 2 rings (SSSR count). The molecular formula is C15H21ClN4O4. The largest absolute Gasteiger partial charge is 0.459 e. The molecule has 1 aliphatic heterocycles. The number of ether oxygens (including phenoxy) is 1. The monoisotopic (exact) mass is 356 g/mol. The van der Waals surface area contributed by atoms with Crippen LogP contribution in [0.3, 0.4) is 0 Å². The minimum Gasteiger partial charge on any atom is -0.459 e. The Labute approximate surface area is 146 Å². The molecule has 1 aliphatic rings. The fourth-order valence-electron chi connectivity index (χ4n) is 2.67. The fraction of sp³-hybridized carbons (Fsp3) is 0.467. The van der Waals surface area contributed by atoms with Crippen LogP contribution >= 0.6 is 12.4 Å². The topological polar surface area (TPSA) is 109 Å². The first-order valence-corrected chi connectivity index (χ1v) is 7.36. The minimum atomic E-state index is -0.499. The first-order valence-electron chi connectivity index (χ1n) is 7.36. The first-order chi connectivity index (χ1) is 11.0. The lowest BCUT2D eigenvalue weighted by atomic mass is 9.98. The van der Waals surface area contributed by atoms with Gasteiger partial charge in [0.1, 0.15) is 12.6 Å². The smallest absolute Gasteiger partial charge is 0.329 e. The Balaban J connectivity index is 0.00000288. The molecule has 0 bridgehead atoms. The van der Waals surface area contributed by atoms with E-state index < -0.39 is 11.0 Å². The number of nitro groups is 1. The maximum absolute atomic E-state index is 12.4. The molecule has 0 spiro atoms. The lowest BCUT2D eigenvalue weighted by Gasteiger charge is -2.28. The van der Waals surface area contributed by atoms with Crippen molar-refractivity contribution in [3.63, 3.8) is 0 Å². The van der Waals surface area contributed by atoms with Crippen LogP contribution in [0.5, 0.6) is 0 Å². The number of halogens is 1. The van der Waals surface area contributed by atoms with Crippen molar-refractivity contribution >= 4 is 30.4 Å². The summed E-state index contributed by atoms with van der Waals surface area (Å²) < 4.78 is 5.34. The minimum absolute atomic E-state index is 0. The summed E-state index contributed by atoms with van der Waals surface area (Å²) in [6, 6.07) is 5.40. The van der Waals surface area contributed by atoms with Crippen LogP contribution in [0.25, 0.3) is 0 Å². The summed E-state index contributed by atoms with van der Waals surface area (Å²) in [6.07, 6.45) is 1.98.